The lowest BCUT2D eigenvalue weighted by atomic mass is 9.82. The van der Waals surface area contributed by atoms with Gasteiger partial charge in [-0.3, -0.25) is 15.6 Å². The van der Waals surface area contributed by atoms with Crippen LogP contribution >= 0.6 is 0 Å². The van der Waals surface area contributed by atoms with Crippen LogP contribution in [0, 0.1) is 11.8 Å². The van der Waals surface area contributed by atoms with Gasteiger partial charge in [-0.15, -0.1) is 0 Å². The summed E-state index contributed by atoms with van der Waals surface area (Å²) in [5.74, 6) is 2.23. The fourth-order valence-electron chi connectivity index (χ4n) is 4.33. The quantitative estimate of drug-likeness (QED) is 0.877. The number of rotatable bonds is 3. The fraction of sp³-hybridized carbons (Fsp3) is 0.476. The molecular formula is C21H27N3O2. The van der Waals surface area contributed by atoms with E-state index in [0.717, 1.165) is 43.8 Å². The van der Waals surface area contributed by atoms with Crippen LogP contribution in [0.4, 0.5) is 0 Å². The predicted molar refractivity (Wildman–Crippen MR) is 102 cm³/mol. The normalized spacial score (nSPS) is 26.0. The van der Waals surface area contributed by atoms with E-state index >= 15 is 0 Å². The highest BCUT2D eigenvalue weighted by Gasteiger charge is 2.35. The number of amides is 1. The Morgan fingerprint density at radius 1 is 1.27 bits per heavy atom. The number of carbonyl (C=O) groups excluding carboxylic acids is 1. The minimum absolute atomic E-state index is 0.101. The SMILES string of the molecule is CCC1CNNC1C1CCN(C(=O)C2=Cc3ccccc3OC=C2)CC1. The molecule has 26 heavy (non-hydrogen) atoms. The summed E-state index contributed by atoms with van der Waals surface area (Å²) in [5.41, 5.74) is 8.41. The van der Waals surface area contributed by atoms with Crippen LogP contribution in [0.25, 0.3) is 6.08 Å². The van der Waals surface area contributed by atoms with Gasteiger partial charge in [0.25, 0.3) is 5.91 Å². The van der Waals surface area contributed by atoms with Gasteiger partial charge in [0.1, 0.15) is 5.75 Å². The number of ether oxygens (including phenoxy) is 1. The number of piperidine rings is 1. The Labute approximate surface area is 155 Å². The maximum Gasteiger partial charge on any atom is 0.253 e. The van der Waals surface area contributed by atoms with Gasteiger partial charge in [-0.05, 0) is 42.9 Å². The number of hydrogen-bond donors (Lipinski definition) is 2. The average molecular weight is 353 g/mol. The predicted octanol–water partition coefficient (Wildman–Crippen LogP) is 2.72. The van der Waals surface area contributed by atoms with E-state index < -0.39 is 0 Å². The van der Waals surface area contributed by atoms with Crippen molar-refractivity contribution in [1.82, 2.24) is 15.8 Å². The van der Waals surface area contributed by atoms with Gasteiger partial charge in [0.05, 0.1) is 6.26 Å². The summed E-state index contributed by atoms with van der Waals surface area (Å²) >= 11 is 0. The van der Waals surface area contributed by atoms with Crippen LogP contribution in [0.2, 0.25) is 0 Å². The molecule has 5 nitrogen and oxygen atoms in total. The Bertz CT molecular complexity index is 720. The first-order valence-corrected chi connectivity index (χ1v) is 9.68. The van der Waals surface area contributed by atoms with Gasteiger partial charge in [-0.1, -0.05) is 31.5 Å². The molecule has 3 heterocycles. The Balaban J connectivity index is 1.42. The second-order valence-corrected chi connectivity index (χ2v) is 7.41. The summed E-state index contributed by atoms with van der Waals surface area (Å²) < 4.78 is 5.61. The number of likely N-dealkylation sites (tertiary alicyclic amines) is 1. The number of hydrogen-bond acceptors (Lipinski definition) is 4. The molecule has 2 unspecified atom stereocenters. The van der Waals surface area contributed by atoms with Gasteiger partial charge < -0.3 is 9.64 Å². The third-order valence-electron chi connectivity index (χ3n) is 5.92. The second-order valence-electron chi connectivity index (χ2n) is 7.41. The molecule has 4 rings (SSSR count). The van der Waals surface area contributed by atoms with Crippen molar-refractivity contribution >= 4 is 12.0 Å². The van der Waals surface area contributed by atoms with Crippen molar-refractivity contribution in [3.8, 4) is 5.75 Å². The molecule has 1 amide bonds. The third kappa shape index (κ3) is 3.41. The molecule has 1 aromatic rings. The van der Waals surface area contributed by atoms with E-state index in [2.05, 4.69) is 17.8 Å². The van der Waals surface area contributed by atoms with E-state index in [-0.39, 0.29) is 5.91 Å². The van der Waals surface area contributed by atoms with E-state index in [9.17, 15) is 4.79 Å². The second kappa shape index (κ2) is 7.64. The Morgan fingerprint density at radius 3 is 2.88 bits per heavy atom. The molecule has 2 saturated heterocycles. The molecular weight excluding hydrogens is 326 g/mol. The summed E-state index contributed by atoms with van der Waals surface area (Å²) in [6.07, 6.45) is 8.65. The molecule has 0 aliphatic carbocycles. The van der Waals surface area contributed by atoms with Crippen LogP contribution < -0.4 is 15.6 Å². The largest absolute Gasteiger partial charge is 0.464 e. The van der Waals surface area contributed by atoms with Crippen molar-refractivity contribution in [2.75, 3.05) is 19.6 Å². The van der Waals surface area contributed by atoms with Gasteiger partial charge in [-0.25, -0.2) is 0 Å². The molecule has 0 spiro atoms. The number of nitrogens with zero attached hydrogens (tertiary/aromatic N) is 1. The molecule has 0 aromatic heterocycles. The van der Waals surface area contributed by atoms with Crippen molar-refractivity contribution in [1.29, 1.82) is 0 Å². The number of carbonyl (C=O) groups is 1. The molecule has 3 aliphatic heterocycles. The number of benzene rings is 1. The molecule has 2 atom stereocenters. The molecule has 0 bridgehead atoms. The van der Waals surface area contributed by atoms with E-state index in [1.54, 1.807) is 12.3 Å². The van der Waals surface area contributed by atoms with Gasteiger partial charge in [0, 0.05) is 36.8 Å². The van der Waals surface area contributed by atoms with E-state index in [4.69, 9.17) is 4.74 Å². The molecule has 2 N–H and O–H groups in total. The summed E-state index contributed by atoms with van der Waals surface area (Å²) in [5, 5.41) is 0. The molecule has 2 fully saturated rings. The lowest BCUT2D eigenvalue weighted by Crippen LogP contribution is -2.46. The topological polar surface area (TPSA) is 53.6 Å². The summed E-state index contributed by atoms with van der Waals surface area (Å²) in [7, 11) is 0. The van der Waals surface area contributed by atoms with Crippen LogP contribution in [0.3, 0.4) is 0 Å². The minimum Gasteiger partial charge on any atom is -0.464 e. The van der Waals surface area contributed by atoms with Crippen molar-refractivity contribution < 1.29 is 9.53 Å². The summed E-state index contributed by atoms with van der Waals surface area (Å²) in [6, 6.07) is 8.33. The maximum atomic E-state index is 13.0. The van der Waals surface area contributed by atoms with Gasteiger partial charge in [0.2, 0.25) is 0 Å². The molecule has 5 heteroatoms. The number of nitrogens with one attached hydrogen (secondary N) is 2. The zero-order valence-corrected chi connectivity index (χ0v) is 15.3. The Hall–Kier alpha value is -2.11. The van der Waals surface area contributed by atoms with Crippen LogP contribution in [0.5, 0.6) is 5.75 Å². The van der Waals surface area contributed by atoms with Crippen LogP contribution in [0.15, 0.2) is 42.2 Å². The zero-order chi connectivity index (χ0) is 17.9. The first-order valence-electron chi connectivity index (χ1n) is 9.68. The lowest BCUT2D eigenvalue weighted by molar-refractivity contribution is -0.128. The van der Waals surface area contributed by atoms with E-state index in [0.29, 0.717) is 23.5 Å². The molecule has 0 radical (unpaired) electrons. The highest BCUT2D eigenvalue weighted by atomic mass is 16.5. The van der Waals surface area contributed by atoms with Crippen molar-refractivity contribution in [2.45, 2.75) is 32.2 Å². The molecule has 0 saturated carbocycles. The highest BCUT2D eigenvalue weighted by molar-refractivity contribution is 6.01. The Morgan fingerprint density at radius 2 is 2.08 bits per heavy atom. The van der Waals surface area contributed by atoms with Gasteiger partial charge in [-0.2, -0.15) is 0 Å². The maximum absolute atomic E-state index is 13.0. The first kappa shape index (κ1) is 17.3. The zero-order valence-electron chi connectivity index (χ0n) is 15.3. The summed E-state index contributed by atoms with van der Waals surface area (Å²) in [6.45, 7) is 4.96. The fourth-order valence-corrected chi connectivity index (χ4v) is 4.33. The van der Waals surface area contributed by atoms with Crippen molar-refractivity contribution in [2.24, 2.45) is 11.8 Å². The van der Waals surface area contributed by atoms with Crippen LogP contribution in [0.1, 0.15) is 31.7 Å². The smallest absolute Gasteiger partial charge is 0.253 e. The summed E-state index contributed by atoms with van der Waals surface area (Å²) in [4.78, 5) is 15.0. The average Bonchev–Trinajstić information content (AvgIpc) is 3.06. The number of fused-ring (bicyclic) bond motifs is 1. The van der Waals surface area contributed by atoms with Crippen LogP contribution in [-0.4, -0.2) is 36.5 Å². The molecule has 138 valence electrons. The standard InChI is InChI=1S/C21H27N3O2/c1-2-15-14-22-23-20(15)16-7-10-24(11-8-16)21(25)18-9-12-26-19-6-4-3-5-17(19)13-18/h3-6,9,12-13,15-16,20,22-23H,2,7-8,10-11,14H2,1H3. The monoisotopic (exact) mass is 353 g/mol. The number of para-hydroxylation sites is 1. The van der Waals surface area contributed by atoms with Crippen LogP contribution in [-0.2, 0) is 4.79 Å². The van der Waals surface area contributed by atoms with Crippen molar-refractivity contribution in [3.05, 3.63) is 47.7 Å². The molecule has 3 aliphatic rings. The minimum atomic E-state index is 0.101. The van der Waals surface area contributed by atoms with E-state index in [1.165, 1.54) is 6.42 Å². The molecule has 1 aromatic carbocycles. The lowest BCUT2D eigenvalue weighted by Gasteiger charge is -2.36. The van der Waals surface area contributed by atoms with Crippen molar-refractivity contribution in [3.63, 3.8) is 0 Å². The third-order valence-corrected chi connectivity index (χ3v) is 5.92. The highest BCUT2D eigenvalue weighted by Crippen LogP contribution is 2.30. The van der Waals surface area contributed by atoms with Gasteiger partial charge in [0.15, 0.2) is 0 Å². The number of hydrazine groups is 1. The Kier molecular flexibility index (Phi) is 5.09. The first-order chi connectivity index (χ1) is 12.8. The van der Waals surface area contributed by atoms with E-state index in [1.807, 2.05) is 35.2 Å². The van der Waals surface area contributed by atoms with Gasteiger partial charge >= 0.3 is 0 Å².